The van der Waals surface area contributed by atoms with Crippen molar-refractivity contribution in [1.29, 1.82) is 0 Å². The average molecular weight is 430 g/mol. The van der Waals surface area contributed by atoms with Crippen molar-refractivity contribution in [2.24, 2.45) is 0 Å². The molecule has 0 radical (unpaired) electrons. The van der Waals surface area contributed by atoms with Crippen molar-refractivity contribution in [1.82, 2.24) is 14.8 Å². The highest BCUT2D eigenvalue weighted by Gasteiger charge is 2.25. The molecule has 0 unspecified atom stereocenters. The molecule has 3 aromatic rings. The van der Waals surface area contributed by atoms with Crippen LogP contribution in [0.25, 0.3) is 5.69 Å². The molecule has 5 nitrogen and oxygen atoms in total. The summed E-state index contributed by atoms with van der Waals surface area (Å²) in [5.74, 6) is 0.574. The van der Waals surface area contributed by atoms with Gasteiger partial charge in [0.1, 0.15) is 11.1 Å². The number of thioether (sulfide) groups is 1. The molecule has 0 saturated heterocycles. The predicted molar refractivity (Wildman–Crippen MR) is 117 cm³/mol. The highest BCUT2D eigenvalue weighted by Crippen LogP contribution is 2.30. The third kappa shape index (κ3) is 5.61. The standard InChI is InChI=1S/C22H24ClN3O2S/c1-3-9-19(21(27)28-4-2)29-22-25-24-20(14-16-10-6-5-7-11-16)26(22)18-13-8-12-17(23)15-18/h5-8,10-13,15,19H,3-4,9,14H2,1-2H3/t19-/m1/s1. The Bertz CT molecular complexity index is 946. The molecule has 152 valence electrons. The maximum Gasteiger partial charge on any atom is 0.319 e. The van der Waals surface area contributed by atoms with Crippen LogP contribution in [-0.4, -0.2) is 32.6 Å². The molecule has 1 atom stereocenters. The molecule has 1 heterocycles. The van der Waals surface area contributed by atoms with Crippen molar-refractivity contribution in [2.45, 2.75) is 43.5 Å². The second kappa shape index (κ2) is 10.5. The molecule has 3 rings (SSSR count). The molecular formula is C22H24ClN3O2S. The highest BCUT2D eigenvalue weighted by atomic mass is 35.5. The van der Waals surface area contributed by atoms with Crippen LogP contribution in [-0.2, 0) is 16.0 Å². The van der Waals surface area contributed by atoms with E-state index in [1.807, 2.05) is 54.0 Å². The third-order valence-electron chi connectivity index (χ3n) is 4.32. The summed E-state index contributed by atoms with van der Waals surface area (Å²) in [6.07, 6.45) is 2.21. The van der Waals surface area contributed by atoms with E-state index in [0.717, 1.165) is 23.5 Å². The van der Waals surface area contributed by atoms with Crippen LogP contribution in [0.15, 0.2) is 59.8 Å². The fraction of sp³-hybridized carbons (Fsp3) is 0.318. The van der Waals surface area contributed by atoms with Gasteiger partial charge in [-0.05, 0) is 37.1 Å². The Hall–Kier alpha value is -2.31. The molecule has 0 aliphatic heterocycles. The maximum absolute atomic E-state index is 12.4. The molecule has 0 spiro atoms. The van der Waals surface area contributed by atoms with Crippen LogP contribution >= 0.6 is 23.4 Å². The predicted octanol–water partition coefficient (Wildman–Crippen LogP) is 5.34. The first kappa shape index (κ1) is 21.4. The lowest BCUT2D eigenvalue weighted by molar-refractivity contribution is -0.142. The van der Waals surface area contributed by atoms with Crippen LogP contribution < -0.4 is 0 Å². The molecule has 0 amide bonds. The zero-order valence-corrected chi connectivity index (χ0v) is 18.1. The lowest BCUT2D eigenvalue weighted by Crippen LogP contribution is -2.21. The summed E-state index contributed by atoms with van der Waals surface area (Å²) in [5, 5.41) is 9.80. The van der Waals surface area contributed by atoms with Crippen LogP contribution in [0.1, 0.15) is 38.1 Å². The Balaban J connectivity index is 1.99. The molecular weight excluding hydrogens is 406 g/mol. The van der Waals surface area contributed by atoms with Crippen molar-refractivity contribution < 1.29 is 9.53 Å². The van der Waals surface area contributed by atoms with Gasteiger partial charge in [-0.15, -0.1) is 10.2 Å². The van der Waals surface area contributed by atoms with Gasteiger partial charge in [-0.2, -0.15) is 0 Å². The van der Waals surface area contributed by atoms with E-state index in [1.54, 1.807) is 0 Å². The molecule has 0 N–H and O–H groups in total. The molecule has 0 fully saturated rings. The van der Waals surface area contributed by atoms with Gasteiger partial charge in [-0.3, -0.25) is 9.36 Å². The van der Waals surface area contributed by atoms with E-state index < -0.39 is 0 Å². The van der Waals surface area contributed by atoms with E-state index >= 15 is 0 Å². The van der Waals surface area contributed by atoms with Gasteiger partial charge in [0, 0.05) is 11.4 Å². The summed E-state index contributed by atoms with van der Waals surface area (Å²) < 4.78 is 7.24. The number of hydrogen-bond acceptors (Lipinski definition) is 5. The van der Waals surface area contributed by atoms with E-state index in [2.05, 4.69) is 29.3 Å². The largest absolute Gasteiger partial charge is 0.465 e. The van der Waals surface area contributed by atoms with Crippen LogP contribution in [0.2, 0.25) is 5.02 Å². The number of ether oxygens (including phenoxy) is 1. The van der Waals surface area contributed by atoms with E-state index in [0.29, 0.717) is 29.6 Å². The highest BCUT2D eigenvalue weighted by molar-refractivity contribution is 8.00. The minimum Gasteiger partial charge on any atom is -0.465 e. The number of rotatable bonds is 9. The lowest BCUT2D eigenvalue weighted by Gasteiger charge is -2.15. The van der Waals surface area contributed by atoms with Crippen molar-refractivity contribution in [2.75, 3.05) is 6.61 Å². The molecule has 29 heavy (non-hydrogen) atoms. The van der Waals surface area contributed by atoms with Crippen LogP contribution in [0.3, 0.4) is 0 Å². The number of esters is 1. The molecule has 0 aliphatic rings. The van der Waals surface area contributed by atoms with Crippen molar-refractivity contribution >= 4 is 29.3 Å². The summed E-state index contributed by atoms with van der Waals surface area (Å²) in [7, 11) is 0. The zero-order chi connectivity index (χ0) is 20.6. The van der Waals surface area contributed by atoms with Gasteiger partial charge in [-0.25, -0.2) is 0 Å². The fourth-order valence-corrected chi connectivity index (χ4v) is 4.35. The van der Waals surface area contributed by atoms with Gasteiger partial charge >= 0.3 is 5.97 Å². The molecule has 0 saturated carbocycles. The summed E-state index contributed by atoms with van der Waals surface area (Å²) in [6.45, 7) is 4.23. The van der Waals surface area contributed by atoms with E-state index in [1.165, 1.54) is 11.8 Å². The molecule has 1 aromatic heterocycles. The van der Waals surface area contributed by atoms with Crippen LogP contribution in [0, 0.1) is 0 Å². The first-order valence-corrected chi connectivity index (χ1v) is 11.0. The number of aromatic nitrogens is 3. The van der Waals surface area contributed by atoms with Gasteiger partial charge in [-0.1, -0.05) is 73.1 Å². The quantitative estimate of drug-likeness (QED) is 0.339. The average Bonchev–Trinajstić information content (AvgIpc) is 3.10. The SMILES string of the molecule is CCC[C@@H](Sc1nnc(Cc2ccccc2)n1-c1cccc(Cl)c1)C(=O)OCC. The fourth-order valence-electron chi connectivity index (χ4n) is 2.99. The number of benzene rings is 2. The van der Waals surface area contributed by atoms with Gasteiger partial charge in [0.25, 0.3) is 0 Å². The summed E-state index contributed by atoms with van der Waals surface area (Å²) in [6, 6.07) is 17.7. The van der Waals surface area contributed by atoms with Crippen LogP contribution in [0.4, 0.5) is 0 Å². The second-order valence-electron chi connectivity index (χ2n) is 6.52. The lowest BCUT2D eigenvalue weighted by atomic mass is 10.1. The molecule has 2 aromatic carbocycles. The first-order valence-electron chi connectivity index (χ1n) is 9.69. The minimum atomic E-state index is -0.327. The Labute approximate surface area is 180 Å². The Morgan fingerprint density at radius 3 is 2.62 bits per heavy atom. The Kier molecular flexibility index (Phi) is 7.72. The van der Waals surface area contributed by atoms with Crippen LogP contribution in [0.5, 0.6) is 0 Å². The van der Waals surface area contributed by atoms with Crippen molar-refractivity contribution in [3.05, 3.63) is 71.0 Å². The number of hydrogen-bond donors (Lipinski definition) is 0. The van der Waals surface area contributed by atoms with Gasteiger partial charge in [0.05, 0.1) is 12.3 Å². The summed E-state index contributed by atoms with van der Waals surface area (Å²) in [4.78, 5) is 12.4. The smallest absolute Gasteiger partial charge is 0.319 e. The van der Waals surface area contributed by atoms with Gasteiger partial charge < -0.3 is 4.74 Å². The number of carbonyl (C=O) groups is 1. The summed E-state index contributed by atoms with van der Waals surface area (Å²) >= 11 is 7.63. The van der Waals surface area contributed by atoms with Crippen molar-refractivity contribution in [3.63, 3.8) is 0 Å². The summed E-state index contributed by atoms with van der Waals surface area (Å²) in [5.41, 5.74) is 2.00. The monoisotopic (exact) mass is 429 g/mol. The van der Waals surface area contributed by atoms with E-state index in [-0.39, 0.29) is 11.2 Å². The molecule has 0 aliphatic carbocycles. The number of carbonyl (C=O) groups excluding carboxylic acids is 1. The Morgan fingerprint density at radius 2 is 1.93 bits per heavy atom. The Morgan fingerprint density at radius 1 is 1.14 bits per heavy atom. The van der Waals surface area contributed by atoms with E-state index in [4.69, 9.17) is 16.3 Å². The topological polar surface area (TPSA) is 57.0 Å². The maximum atomic E-state index is 12.4. The van der Waals surface area contributed by atoms with Gasteiger partial charge in [0.15, 0.2) is 5.16 Å². The normalized spacial score (nSPS) is 12.0. The second-order valence-corrected chi connectivity index (χ2v) is 8.13. The number of nitrogens with zero attached hydrogens (tertiary/aromatic N) is 3. The molecule has 7 heteroatoms. The van der Waals surface area contributed by atoms with E-state index in [9.17, 15) is 4.79 Å². The van der Waals surface area contributed by atoms with Crippen molar-refractivity contribution in [3.8, 4) is 5.69 Å². The van der Waals surface area contributed by atoms with Gasteiger partial charge in [0.2, 0.25) is 0 Å². The first-order chi connectivity index (χ1) is 14.1. The molecule has 0 bridgehead atoms. The third-order valence-corrected chi connectivity index (χ3v) is 5.74. The zero-order valence-electron chi connectivity index (χ0n) is 16.5. The minimum absolute atomic E-state index is 0.218. The number of halogens is 1.